The molecule has 0 N–H and O–H groups in total. The van der Waals surface area contributed by atoms with Gasteiger partial charge in [0.1, 0.15) is 5.82 Å². The quantitative estimate of drug-likeness (QED) is 0.610. The number of esters is 2. The van der Waals surface area contributed by atoms with Crippen molar-refractivity contribution in [3.8, 4) is 0 Å². The van der Waals surface area contributed by atoms with Crippen LogP contribution in [0.3, 0.4) is 0 Å². The Morgan fingerprint density at radius 1 is 1.07 bits per heavy atom. The fraction of sp³-hybridized carbons (Fsp3) is 0.381. The summed E-state index contributed by atoms with van der Waals surface area (Å²) in [5, 5.41) is 0. The van der Waals surface area contributed by atoms with Gasteiger partial charge in [-0.15, -0.1) is 0 Å². The number of nitrogens with zero attached hydrogens (tertiary/aromatic N) is 2. The number of fused-ring (bicyclic) bond motifs is 1. The first-order valence-electron chi connectivity index (χ1n) is 8.84. The second-order valence-corrected chi connectivity index (χ2v) is 6.78. The molecule has 142 valence electrons. The number of ether oxygens (including phenoxy) is 2. The van der Waals surface area contributed by atoms with Crippen LogP contribution in [-0.2, 0) is 30.9 Å². The number of carbonyl (C=O) groups is 2. The zero-order valence-electron chi connectivity index (χ0n) is 16.3. The van der Waals surface area contributed by atoms with Gasteiger partial charge < -0.3 is 14.4 Å². The van der Waals surface area contributed by atoms with Crippen molar-refractivity contribution in [2.75, 3.05) is 26.2 Å². The van der Waals surface area contributed by atoms with E-state index in [4.69, 9.17) is 14.5 Å². The molecule has 6 nitrogen and oxygen atoms in total. The van der Waals surface area contributed by atoms with Crippen LogP contribution in [0.1, 0.15) is 28.8 Å². The molecule has 27 heavy (non-hydrogen) atoms. The maximum atomic E-state index is 12.8. The molecule has 2 aromatic rings. The average molecular weight is 368 g/mol. The Morgan fingerprint density at radius 2 is 1.67 bits per heavy atom. The number of benzene rings is 1. The highest BCUT2D eigenvalue weighted by molar-refractivity contribution is 6.08. The molecule has 0 aliphatic heterocycles. The zero-order valence-corrected chi connectivity index (χ0v) is 16.3. The molecule has 0 radical (unpaired) electrons. The summed E-state index contributed by atoms with van der Waals surface area (Å²) in [6, 6.07) is 9.82. The van der Waals surface area contributed by atoms with Crippen LogP contribution in [0.25, 0.3) is 0 Å². The molecule has 1 heterocycles. The highest BCUT2D eigenvalue weighted by atomic mass is 16.5. The third kappa shape index (κ3) is 2.76. The molecule has 0 unspecified atom stereocenters. The lowest BCUT2D eigenvalue weighted by Gasteiger charge is -2.29. The van der Waals surface area contributed by atoms with Crippen molar-refractivity contribution in [2.24, 2.45) is 0 Å². The molecule has 1 aliphatic carbocycles. The van der Waals surface area contributed by atoms with Crippen molar-refractivity contribution in [2.45, 2.75) is 32.1 Å². The summed E-state index contributed by atoms with van der Waals surface area (Å²) in [5.74, 6) is -0.471. The number of anilines is 2. The number of pyridine rings is 1. The van der Waals surface area contributed by atoms with Crippen LogP contribution in [0.2, 0.25) is 0 Å². The van der Waals surface area contributed by atoms with Gasteiger partial charge in [0.15, 0.2) is 5.41 Å². The van der Waals surface area contributed by atoms with Crippen LogP contribution in [0.5, 0.6) is 0 Å². The van der Waals surface area contributed by atoms with E-state index in [0.717, 1.165) is 22.5 Å². The summed E-state index contributed by atoms with van der Waals surface area (Å²) in [4.78, 5) is 32.3. The molecule has 0 saturated heterocycles. The first kappa shape index (κ1) is 18.9. The smallest absolute Gasteiger partial charge is 0.327 e. The Morgan fingerprint density at radius 3 is 2.22 bits per heavy atom. The highest BCUT2D eigenvalue weighted by Crippen LogP contribution is 2.46. The standard InChI is InChI=1S/C21H24N2O4/c1-13-17-16(11-12-21(17,19(24)26-4)20(25)27-5)14(2)22-18(13)23(3)15-9-7-6-8-10-15/h6-10H,11-12H2,1-5H3. The Hall–Kier alpha value is -2.89. The summed E-state index contributed by atoms with van der Waals surface area (Å²) < 4.78 is 10.0. The fourth-order valence-electron chi connectivity index (χ4n) is 4.09. The second-order valence-electron chi connectivity index (χ2n) is 6.78. The largest absolute Gasteiger partial charge is 0.468 e. The lowest BCUT2D eigenvalue weighted by atomic mass is 9.79. The van der Waals surface area contributed by atoms with Crippen LogP contribution in [-0.4, -0.2) is 38.2 Å². The van der Waals surface area contributed by atoms with E-state index < -0.39 is 17.4 Å². The molecule has 1 aromatic carbocycles. The maximum absolute atomic E-state index is 12.8. The van der Waals surface area contributed by atoms with E-state index in [1.165, 1.54) is 14.2 Å². The van der Waals surface area contributed by atoms with E-state index in [0.29, 0.717) is 24.2 Å². The molecule has 0 amide bonds. The predicted octanol–water partition coefficient (Wildman–Crippen LogP) is 3.00. The molecule has 6 heteroatoms. The first-order chi connectivity index (χ1) is 12.9. The molecule has 0 fully saturated rings. The second kappa shape index (κ2) is 7.02. The van der Waals surface area contributed by atoms with Gasteiger partial charge in [0.05, 0.1) is 14.2 Å². The number of carbonyl (C=O) groups excluding carboxylic acids is 2. The van der Waals surface area contributed by atoms with Gasteiger partial charge in [-0.3, -0.25) is 9.59 Å². The fourth-order valence-corrected chi connectivity index (χ4v) is 4.09. The molecule has 0 bridgehead atoms. The van der Waals surface area contributed by atoms with Gasteiger partial charge in [0.25, 0.3) is 0 Å². The van der Waals surface area contributed by atoms with Crippen molar-refractivity contribution in [1.29, 1.82) is 0 Å². The number of hydrogen-bond acceptors (Lipinski definition) is 6. The molecule has 0 saturated carbocycles. The lowest BCUT2D eigenvalue weighted by molar-refractivity contribution is -0.162. The Kier molecular flexibility index (Phi) is 4.91. The minimum Gasteiger partial charge on any atom is -0.468 e. The average Bonchev–Trinajstić information content (AvgIpc) is 3.12. The minimum atomic E-state index is -1.44. The molecule has 3 rings (SSSR count). The first-order valence-corrected chi connectivity index (χ1v) is 8.84. The number of aryl methyl sites for hydroxylation is 1. The van der Waals surface area contributed by atoms with E-state index in [1.807, 2.05) is 56.1 Å². The van der Waals surface area contributed by atoms with Crippen molar-refractivity contribution in [3.05, 3.63) is 52.7 Å². The highest BCUT2D eigenvalue weighted by Gasteiger charge is 2.55. The van der Waals surface area contributed by atoms with Crippen molar-refractivity contribution in [1.82, 2.24) is 4.98 Å². The maximum Gasteiger partial charge on any atom is 0.327 e. The van der Waals surface area contributed by atoms with Crippen LogP contribution < -0.4 is 4.90 Å². The van der Waals surface area contributed by atoms with Gasteiger partial charge in [-0.05, 0) is 55.5 Å². The Bertz CT molecular complexity index is 877. The molecule has 0 spiro atoms. The van der Waals surface area contributed by atoms with Crippen LogP contribution in [0, 0.1) is 13.8 Å². The Labute approximate surface area is 159 Å². The van der Waals surface area contributed by atoms with E-state index in [-0.39, 0.29) is 0 Å². The van der Waals surface area contributed by atoms with Crippen LogP contribution in [0.4, 0.5) is 11.5 Å². The Balaban J connectivity index is 2.25. The van der Waals surface area contributed by atoms with Gasteiger partial charge in [0.2, 0.25) is 0 Å². The normalized spacial score (nSPS) is 14.4. The van der Waals surface area contributed by atoms with Gasteiger partial charge in [-0.1, -0.05) is 18.2 Å². The minimum absolute atomic E-state index is 0.323. The van der Waals surface area contributed by atoms with E-state index in [1.54, 1.807) is 0 Å². The monoisotopic (exact) mass is 368 g/mol. The molecule has 0 atom stereocenters. The topological polar surface area (TPSA) is 68.7 Å². The van der Waals surface area contributed by atoms with Crippen molar-refractivity contribution < 1.29 is 19.1 Å². The van der Waals surface area contributed by atoms with Gasteiger partial charge in [0, 0.05) is 18.4 Å². The van der Waals surface area contributed by atoms with Crippen LogP contribution in [0.15, 0.2) is 30.3 Å². The van der Waals surface area contributed by atoms with Gasteiger partial charge in [-0.25, -0.2) is 4.98 Å². The van der Waals surface area contributed by atoms with Gasteiger partial charge >= 0.3 is 11.9 Å². The molecular formula is C21H24N2O4. The molecular weight excluding hydrogens is 344 g/mol. The zero-order chi connectivity index (χ0) is 19.8. The number of methoxy groups -OCH3 is 2. The summed E-state index contributed by atoms with van der Waals surface area (Å²) in [6.45, 7) is 3.80. The van der Waals surface area contributed by atoms with E-state index >= 15 is 0 Å². The van der Waals surface area contributed by atoms with E-state index in [9.17, 15) is 9.59 Å². The van der Waals surface area contributed by atoms with E-state index in [2.05, 4.69) is 0 Å². The number of rotatable bonds is 4. The van der Waals surface area contributed by atoms with Gasteiger partial charge in [-0.2, -0.15) is 0 Å². The predicted molar refractivity (Wildman–Crippen MR) is 102 cm³/mol. The summed E-state index contributed by atoms with van der Waals surface area (Å²) >= 11 is 0. The van der Waals surface area contributed by atoms with Crippen LogP contribution >= 0.6 is 0 Å². The number of hydrogen-bond donors (Lipinski definition) is 0. The third-order valence-electron chi connectivity index (χ3n) is 5.43. The SMILES string of the molecule is COC(=O)C1(C(=O)OC)CCc2c(C)nc(N(C)c3ccccc3)c(C)c21. The number of aromatic nitrogens is 1. The lowest BCUT2D eigenvalue weighted by Crippen LogP contribution is -2.44. The molecule has 1 aromatic heterocycles. The summed E-state index contributed by atoms with van der Waals surface area (Å²) in [7, 11) is 4.51. The summed E-state index contributed by atoms with van der Waals surface area (Å²) in [6.07, 6.45) is 0.901. The van der Waals surface area contributed by atoms with Crippen molar-refractivity contribution in [3.63, 3.8) is 0 Å². The molecule has 1 aliphatic rings. The van der Waals surface area contributed by atoms with Crippen molar-refractivity contribution >= 4 is 23.4 Å². The number of para-hydroxylation sites is 1. The third-order valence-corrected chi connectivity index (χ3v) is 5.43. The summed E-state index contributed by atoms with van der Waals surface area (Å²) in [5.41, 5.74) is 2.72.